The van der Waals surface area contributed by atoms with Gasteiger partial charge in [0.25, 0.3) is 0 Å². The maximum absolute atomic E-state index is 11.2. The summed E-state index contributed by atoms with van der Waals surface area (Å²) in [5.41, 5.74) is 1.20. The molecule has 0 aliphatic rings. The summed E-state index contributed by atoms with van der Waals surface area (Å²) in [6.07, 6.45) is 0. The van der Waals surface area contributed by atoms with Gasteiger partial charge in [0, 0.05) is 0 Å². The van der Waals surface area contributed by atoms with Gasteiger partial charge in [-0.25, -0.2) is 4.79 Å². The van der Waals surface area contributed by atoms with Crippen molar-refractivity contribution in [3.63, 3.8) is 0 Å². The molecule has 0 aliphatic carbocycles. The van der Waals surface area contributed by atoms with Crippen molar-refractivity contribution in [2.24, 2.45) is 0 Å². The lowest BCUT2D eigenvalue weighted by atomic mass is 10.1. The zero-order valence-corrected chi connectivity index (χ0v) is 8.00. The zero-order valence-electron chi connectivity index (χ0n) is 8.00. The molecule has 0 spiro atoms. The molecule has 1 heterocycles. The zero-order chi connectivity index (χ0) is 10.3. The van der Waals surface area contributed by atoms with Crippen LogP contribution in [0.3, 0.4) is 0 Å². The molecule has 0 aliphatic heterocycles. The van der Waals surface area contributed by atoms with Gasteiger partial charge < -0.3 is 9.52 Å². The number of fused-ring (bicyclic) bond motifs is 1. The van der Waals surface area contributed by atoms with Crippen molar-refractivity contribution in [2.75, 3.05) is 0 Å². The molecule has 3 nitrogen and oxygen atoms in total. The Kier molecular flexibility index (Phi) is 1.81. The SMILES string of the molecule is Cc1ccc2oc(=O)c(C)c(O)c2c1. The van der Waals surface area contributed by atoms with E-state index in [9.17, 15) is 9.90 Å². The van der Waals surface area contributed by atoms with Gasteiger partial charge >= 0.3 is 5.63 Å². The highest BCUT2D eigenvalue weighted by molar-refractivity contribution is 5.84. The standard InChI is InChI=1S/C11H10O3/c1-6-3-4-9-8(5-6)10(12)7(2)11(13)14-9/h3-5,12H,1-2H3. The first kappa shape index (κ1) is 8.81. The molecule has 2 aromatic rings. The predicted molar refractivity (Wildman–Crippen MR) is 53.6 cm³/mol. The monoisotopic (exact) mass is 190 g/mol. The molecule has 1 N–H and O–H groups in total. The van der Waals surface area contributed by atoms with Crippen molar-refractivity contribution in [3.05, 3.63) is 39.7 Å². The highest BCUT2D eigenvalue weighted by atomic mass is 16.4. The molecule has 0 bridgehead atoms. The van der Waals surface area contributed by atoms with Crippen LogP contribution in [-0.2, 0) is 0 Å². The van der Waals surface area contributed by atoms with Crippen LogP contribution in [0.1, 0.15) is 11.1 Å². The van der Waals surface area contributed by atoms with Gasteiger partial charge in [0.1, 0.15) is 11.3 Å². The number of hydrogen-bond acceptors (Lipinski definition) is 3. The molecular weight excluding hydrogens is 180 g/mol. The minimum Gasteiger partial charge on any atom is -0.507 e. The van der Waals surface area contributed by atoms with Gasteiger partial charge in [-0.15, -0.1) is 0 Å². The highest BCUT2D eigenvalue weighted by Gasteiger charge is 2.09. The van der Waals surface area contributed by atoms with Crippen LogP contribution in [0.5, 0.6) is 5.75 Å². The van der Waals surface area contributed by atoms with Crippen molar-refractivity contribution in [1.29, 1.82) is 0 Å². The summed E-state index contributed by atoms with van der Waals surface area (Å²) >= 11 is 0. The lowest BCUT2D eigenvalue weighted by Crippen LogP contribution is -2.02. The Morgan fingerprint density at radius 1 is 1.29 bits per heavy atom. The van der Waals surface area contributed by atoms with E-state index in [1.54, 1.807) is 19.1 Å². The van der Waals surface area contributed by atoms with Gasteiger partial charge in [0.15, 0.2) is 0 Å². The first-order chi connectivity index (χ1) is 6.59. The maximum Gasteiger partial charge on any atom is 0.342 e. The average molecular weight is 190 g/mol. The summed E-state index contributed by atoms with van der Waals surface area (Å²) in [5.74, 6) is 0.0138. The molecule has 0 fully saturated rings. The largest absolute Gasteiger partial charge is 0.507 e. The van der Waals surface area contributed by atoms with Crippen LogP contribution in [0.15, 0.2) is 27.4 Å². The summed E-state index contributed by atoms with van der Waals surface area (Å²) in [4.78, 5) is 11.2. The van der Waals surface area contributed by atoms with Crippen LogP contribution < -0.4 is 5.63 Å². The smallest absolute Gasteiger partial charge is 0.342 e. The van der Waals surface area contributed by atoms with Crippen molar-refractivity contribution >= 4 is 11.0 Å². The van der Waals surface area contributed by atoms with Gasteiger partial charge in [0.05, 0.1) is 10.9 Å². The fraction of sp³-hybridized carbons (Fsp3) is 0.182. The van der Waals surface area contributed by atoms with E-state index in [1.165, 1.54) is 0 Å². The van der Waals surface area contributed by atoms with Crippen molar-refractivity contribution in [3.8, 4) is 5.75 Å². The highest BCUT2D eigenvalue weighted by Crippen LogP contribution is 2.26. The van der Waals surface area contributed by atoms with E-state index in [0.717, 1.165) is 5.56 Å². The van der Waals surface area contributed by atoms with Crippen LogP contribution in [0.4, 0.5) is 0 Å². The molecule has 14 heavy (non-hydrogen) atoms. The predicted octanol–water partition coefficient (Wildman–Crippen LogP) is 2.12. The summed E-state index contributed by atoms with van der Waals surface area (Å²) in [7, 11) is 0. The lowest BCUT2D eigenvalue weighted by molar-refractivity contribution is 0.461. The first-order valence-corrected chi connectivity index (χ1v) is 4.32. The Bertz CT molecular complexity index is 552. The summed E-state index contributed by atoms with van der Waals surface area (Å²) in [6.45, 7) is 3.46. The van der Waals surface area contributed by atoms with Crippen LogP contribution in [0.2, 0.25) is 0 Å². The van der Waals surface area contributed by atoms with Crippen molar-refractivity contribution in [2.45, 2.75) is 13.8 Å². The second-order valence-electron chi connectivity index (χ2n) is 3.36. The third-order valence-corrected chi connectivity index (χ3v) is 2.25. The number of benzene rings is 1. The lowest BCUT2D eigenvalue weighted by Gasteiger charge is -2.02. The van der Waals surface area contributed by atoms with E-state index in [0.29, 0.717) is 11.0 Å². The van der Waals surface area contributed by atoms with E-state index < -0.39 is 5.63 Å². The minimum atomic E-state index is -0.487. The Morgan fingerprint density at radius 2 is 2.00 bits per heavy atom. The fourth-order valence-corrected chi connectivity index (χ4v) is 1.39. The molecule has 2 rings (SSSR count). The number of aryl methyl sites for hydroxylation is 1. The van der Waals surface area contributed by atoms with Gasteiger partial charge in [-0.1, -0.05) is 11.6 Å². The Balaban J connectivity index is 2.99. The Hall–Kier alpha value is -1.77. The second kappa shape index (κ2) is 2.87. The molecule has 0 saturated heterocycles. The topological polar surface area (TPSA) is 50.4 Å². The normalized spacial score (nSPS) is 10.7. The maximum atomic E-state index is 11.2. The van der Waals surface area contributed by atoms with Crippen LogP contribution in [0.25, 0.3) is 11.0 Å². The quantitative estimate of drug-likeness (QED) is 0.647. The van der Waals surface area contributed by atoms with E-state index in [2.05, 4.69) is 0 Å². The number of aromatic hydroxyl groups is 1. The van der Waals surface area contributed by atoms with Crippen LogP contribution in [0, 0.1) is 13.8 Å². The van der Waals surface area contributed by atoms with Crippen molar-refractivity contribution in [1.82, 2.24) is 0 Å². The number of rotatable bonds is 0. The van der Waals surface area contributed by atoms with Gasteiger partial charge in [0.2, 0.25) is 0 Å². The van der Waals surface area contributed by atoms with E-state index in [4.69, 9.17) is 4.42 Å². The van der Waals surface area contributed by atoms with Crippen molar-refractivity contribution < 1.29 is 9.52 Å². The summed E-state index contributed by atoms with van der Waals surface area (Å²) in [6, 6.07) is 5.31. The molecule has 0 atom stereocenters. The molecule has 1 aromatic carbocycles. The molecule has 0 amide bonds. The van der Waals surface area contributed by atoms with Gasteiger partial charge in [-0.2, -0.15) is 0 Å². The van der Waals surface area contributed by atoms with Crippen LogP contribution >= 0.6 is 0 Å². The number of hydrogen-bond donors (Lipinski definition) is 1. The second-order valence-corrected chi connectivity index (χ2v) is 3.36. The van der Waals surface area contributed by atoms with E-state index in [-0.39, 0.29) is 11.3 Å². The molecular formula is C11H10O3. The Morgan fingerprint density at radius 3 is 2.71 bits per heavy atom. The molecule has 0 radical (unpaired) electrons. The van der Waals surface area contributed by atoms with Crippen LogP contribution in [-0.4, -0.2) is 5.11 Å². The van der Waals surface area contributed by atoms with Gasteiger partial charge in [-0.05, 0) is 26.0 Å². The third-order valence-electron chi connectivity index (χ3n) is 2.25. The molecule has 0 saturated carbocycles. The molecule has 1 aromatic heterocycles. The Labute approximate surface area is 80.6 Å². The minimum absolute atomic E-state index is 0.0138. The van der Waals surface area contributed by atoms with E-state index >= 15 is 0 Å². The third kappa shape index (κ3) is 1.18. The van der Waals surface area contributed by atoms with E-state index in [1.807, 2.05) is 13.0 Å². The average Bonchev–Trinajstić information content (AvgIpc) is 2.16. The summed E-state index contributed by atoms with van der Waals surface area (Å²) < 4.78 is 5.01. The van der Waals surface area contributed by atoms with Gasteiger partial charge in [-0.3, -0.25) is 0 Å². The fourth-order valence-electron chi connectivity index (χ4n) is 1.39. The summed E-state index contributed by atoms with van der Waals surface area (Å²) in [5, 5.41) is 10.3. The molecule has 72 valence electrons. The molecule has 0 unspecified atom stereocenters. The molecule has 3 heteroatoms. The first-order valence-electron chi connectivity index (χ1n) is 4.32.